The van der Waals surface area contributed by atoms with E-state index in [1.54, 1.807) is 36.1 Å². The number of anilines is 1. The van der Waals surface area contributed by atoms with E-state index < -0.39 is 5.60 Å². The van der Waals surface area contributed by atoms with Crippen molar-refractivity contribution in [3.63, 3.8) is 0 Å². The lowest BCUT2D eigenvalue weighted by Crippen LogP contribution is -2.49. The van der Waals surface area contributed by atoms with Crippen LogP contribution in [0.1, 0.15) is 44.7 Å². The van der Waals surface area contributed by atoms with Crippen LogP contribution >= 0.6 is 11.6 Å². The second kappa shape index (κ2) is 12.8. The molecular weight excluding hydrogens is 580 g/mol. The zero-order chi connectivity index (χ0) is 31.5. The molecule has 10 heteroatoms. The van der Waals surface area contributed by atoms with E-state index in [4.69, 9.17) is 25.8 Å². The summed E-state index contributed by atoms with van der Waals surface area (Å²) in [4.78, 5) is 32.5. The molecule has 0 saturated carbocycles. The van der Waals surface area contributed by atoms with Gasteiger partial charge in [0.25, 0.3) is 5.56 Å². The van der Waals surface area contributed by atoms with Crippen molar-refractivity contribution in [3.05, 3.63) is 93.5 Å². The Labute approximate surface area is 262 Å². The molecule has 1 aliphatic rings. The van der Waals surface area contributed by atoms with Crippen LogP contribution in [0.4, 0.5) is 10.5 Å². The number of carbonyl (C=O) groups excluding carboxylic acids is 1. The maximum absolute atomic E-state index is 13.4. The van der Waals surface area contributed by atoms with E-state index in [-0.39, 0.29) is 17.1 Å². The molecule has 2 heterocycles. The van der Waals surface area contributed by atoms with Gasteiger partial charge in [0.05, 0.1) is 38.0 Å². The van der Waals surface area contributed by atoms with Gasteiger partial charge in [-0.05, 0) is 81.6 Å². The molecule has 0 atom stereocenters. The monoisotopic (exact) mass is 618 g/mol. The minimum absolute atomic E-state index is 0.133. The second-order valence-corrected chi connectivity index (χ2v) is 12.6. The lowest BCUT2D eigenvalue weighted by atomic mass is 9.72. The predicted molar refractivity (Wildman–Crippen MR) is 173 cm³/mol. The lowest BCUT2D eigenvalue weighted by Gasteiger charge is -2.42. The molecule has 0 unspecified atom stereocenters. The van der Waals surface area contributed by atoms with Gasteiger partial charge in [-0.15, -0.1) is 0 Å². The Kier molecular flexibility index (Phi) is 9.06. The van der Waals surface area contributed by atoms with Crippen LogP contribution in [0, 0.1) is 0 Å². The average Bonchev–Trinajstić information content (AvgIpc) is 3.01. The van der Waals surface area contributed by atoms with Crippen LogP contribution in [-0.2, 0) is 16.7 Å². The van der Waals surface area contributed by atoms with Crippen molar-refractivity contribution >= 4 is 34.3 Å². The maximum atomic E-state index is 13.4. The molecule has 0 aliphatic carbocycles. The molecule has 9 nitrogen and oxygen atoms in total. The van der Waals surface area contributed by atoms with Gasteiger partial charge >= 0.3 is 6.09 Å². The topological polar surface area (TPSA) is 94.9 Å². The van der Waals surface area contributed by atoms with Crippen LogP contribution in [-0.4, -0.2) is 60.0 Å². The van der Waals surface area contributed by atoms with Gasteiger partial charge in [0.2, 0.25) is 0 Å². The van der Waals surface area contributed by atoms with E-state index >= 15 is 0 Å². The highest BCUT2D eigenvalue weighted by Gasteiger charge is 2.38. The third kappa shape index (κ3) is 6.94. The van der Waals surface area contributed by atoms with E-state index in [2.05, 4.69) is 22.4 Å². The summed E-state index contributed by atoms with van der Waals surface area (Å²) in [6, 6.07) is 19.1. The molecule has 5 rings (SSSR count). The summed E-state index contributed by atoms with van der Waals surface area (Å²) in [6.45, 7) is 7.75. The highest BCUT2D eigenvalue weighted by Crippen LogP contribution is 2.37. The summed E-state index contributed by atoms with van der Waals surface area (Å²) in [5.74, 6) is 1.32. The number of methoxy groups -OCH3 is 2. The molecule has 0 bridgehead atoms. The van der Waals surface area contributed by atoms with Crippen LogP contribution in [0.3, 0.4) is 0 Å². The first-order valence-corrected chi connectivity index (χ1v) is 15.1. The summed E-state index contributed by atoms with van der Waals surface area (Å²) in [5, 5.41) is 4.81. The number of piperidine rings is 1. The van der Waals surface area contributed by atoms with Crippen molar-refractivity contribution in [2.75, 3.05) is 39.2 Å². The fourth-order valence-electron chi connectivity index (χ4n) is 5.63. The van der Waals surface area contributed by atoms with Crippen molar-refractivity contribution in [2.45, 2.75) is 51.2 Å². The first-order chi connectivity index (χ1) is 21.0. The molecule has 44 heavy (non-hydrogen) atoms. The molecule has 0 spiro atoms. The highest BCUT2D eigenvalue weighted by atomic mass is 35.5. The van der Waals surface area contributed by atoms with E-state index in [1.165, 1.54) is 0 Å². The van der Waals surface area contributed by atoms with Crippen LogP contribution < -0.4 is 20.3 Å². The number of rotatable bonds is 8. The van der Waals surface area contributed by atoms with Gasteiger partial charge in [0.1, 0.15) is 17.1 Å². The molecule has 3 aromatic carbocycles. The van der Waals surface area contributed by atoms with Crippen molar-refractivity contribution in [1.82, 2.24) is 14.5 Å². The molecule has 232 valence electrons. The number of aromatic nitrogens is 2. The SMILES string of the molecule is COc1ccc(Cn2cnc3cc(NCC4(c5ccc(Cl)cc5)CCN(C(=O)OC(C)(C)C)CC4)ccc3c2=O)c(OC)c1. The number of fused-ring (bicyclic) bond motifs is 1. The zero-order valence-corrected chi connectivity index (χ0v) is 26.6. The Morgan fingerprint density at radius 1 is 1.00 bits per heavy atom. The number of hydrogen-bond donors (Lipinski definition) is 1. The largest absolute Gasteiger partial charge is 0.497 e. The lowest BCUT2D eigenvalue weighted by molar-refractivity contribution is 0.0169. The Hall–Kier alpha value is -4.24. The van der Waals surface area contributed by atoms with Gasteiger partial charge in [0.15, 0.2) is 0 Å². The summed E-state index contributed by atoms with van der Waals surface area (Å²) in [7, 11) is 3.19. The van der Waals surface area contributed by atoms with E-state index in [1.807, 2.05) is 63.2 Å². The van der Waals surface area contributed by atoms with Gasteiger partial charge in [-0.3, -0.25) is 9.36 Å². The van der Waals surface area contributed by atoms with Gasteiger partial charge in [-0.2, -0.15) is 0 Å². The van der Waals surface area contributed by atoms with Crippen LogP contribution in [0.2, 0.25) is 5.02 Å². The molecule has 1 aliphatic heterocycles. The molecule has 1 amide bonds. The Bertz CT molecular complexity index is 1690. The molecule has 1 fully saturated rings. The number of hydrogen-bond acceptors (Lipinski definition) is 7. The number of halogens is 1. The van der Waals surface area contributed by atoms with E-state index in [0.717, 1.165) is 29.7 Å². The first-order valence-electron chi connectivity index (χ1n) is 14.7. The standard InChI is InChI=1S/C34H39ClN4O5/c1-33(2,3)44-32(41)38-16-14-34(15-17-38,24-7-9-25(35)10-8-24)21-36-26-11-13-28-29(18-26)37-22-39(31(28)40)20-23-6-12-27(42-4)19-30(23)43-5/h6-13,18-19,22,36H,14-17,20-21H2,1-5H3. The second-order valence-electron chi connectivity index (χ2n) is 12.2. The molecular formula is C34H39ClN4O5. The van der Waals surface area contributed by atoms with Crippen molar-refractivity contribution in [3.8, 4) is 11.5 Å². The third-order valence-corrected chi connectivity index (χ3v) is 8.37. The van der Waals surface area contributed by atoms with Crippen molar-refractivity contribution < 1.29 is 19.0 Å². The number of ether oxygens (including phenoxy) is 3. The number of amides is 1. The van der Waals surface area contributed by atoms with Gasteiger partial charge in [-0.25, -0.2) is 9.78 Å². The van der Waals surface area contributed by atoms with Gasteiger partial charge in [0, 0.05) is 47.4 Å². The number of carbonyl (C=O) groups is 1. The zero-order valence-electron chi connectivity index (χ0n) is 25.9. The first kappa shape index (κ1) is 31.2. The van der Waals surface area contributed by atoms with Crippen molar-refractivity contribution in [1.29, 1.82) is 0 Å². The van der Waals surface area contributed by atoms with Crippen LogP contribution in [0.25, 0.3) is 10.9 Å². The molecule has 1 aromatic heterocycles. The summed E-state index contributed by atoms with van der Waals surface area (Å²) in [6.07, 6.45) is 2.80. The highest BCUT2D eigenvalue weighted by molar-refractivity contribution is 6.30. The van der Waals surface area contributed by atoms with Crippen LogP contribution in [0.5, 0.6) is 11.5 Å². The van der Waals surface area contributed by atoms with Gasteiger partial charge < -0.3 is 24.4 Å². The Morgan fingerprint density at radius 3 is 2.39 bits per heavy atom. The third-order valence-electron chi connectivity index (χ3n) is 8.12. The van der Waals surface area contributed by atoms with Crippen molar-refractivity contribution in [2.24, 2.45) is 0 Å². The minimum Gasteiger partial charge on any atom is -0.497 e. The number of nitrogens with zero attached hydrogens (tertiary/aromatic N) is 3. The fourth-order valence-corrected chi connectivity index (χ4v) is 5.76. The Morgan fingerprint density at radius 2 is 1.73 bits per heavy atom. The number of likely N-dealkylation sites (tertiary alicyclic amines) is 1. The number of benzene rings is 3. The average molecular weight is 619 g/mol. The van der Waals surface area contributed by atoms with E-state index in [0.29, 0.717) is 53.6 Å². The molecule has 1 N–H and O–H groups in total. The minimum atomic E-state index is -0.542. The predicted octanol–water partition coefficient (Wildman–Crippen LogP) is 6.50. The Balaban J connectivity index is 1.34. The van der Waals surface area contributed by atoms with E-state index in [9.17, 15) is 9.59 Å². The summed E-state index contributed by atoms with van der Waals surface area (Å²) < 4.78 is 18.0. The van der Waals surface area contributed by atoms with Gasteiger partial charge in [-0.1, -0.05) is 23.7 Å². The smallest absolute Gasteiger partial charge is 0.410 e. The maximum Gasteiger partial charge on any atom is 0.410 e. The van der Waals surface area contributed by atoms with Crippen LogP contribution in [0.15, 0.2) is 71.8 Å². The molecule has 0 radical (unpaired) electrons. The normalized spacial score (nSPS) is 14.7. The molecule has 1 saturated heterocycles. The quantitative estimate of drug-likeness (QED) is 0.241. The molecule has 4 aromatic rings. The summed E-state index contributed by atoms with van der Waals surface area (Å²) in [5.41, 5.74) is 2.58. The summed E-state index contributed by atoms with van der Waals surface area (Å²) >= 11 is 6.22. The number of nitrogens with one attached hydrogen (secondary N) is 1. The fraction of sp³-hybridized carbons (Fsp3) is 0.382.